The Morgan fingerprint density at radius 1 is 1.22 bits per heavy atom. The fourth-order valence-corrected chi connectivity index (χ4v) is 5.46. The summed E-state index contributed by atoms with van der Waals surface area (Å²) in [6, 6.07) is 9.04. The Morgan fingerprint density at radius 2 is 1.93 bits per heavy atom. The SMILES string of the molecule is [2H]C([2H])([2H])N(c1nc(-c2ccc(F)cc2)c(C#N)s1)c1c(CC)nn2cc(F)c(N3CCN(C(=O)OC(C)(C)C)CC3)cc12. The van der Waals surface area contributed by atoms with Gasteiger partial charge in [0.15, 0.2) is 10.9 Å². The smallest absolute Gasteiger partial charge is 0.410 e. The predicted molar refractivity (Wildman–Crippen MR) is 155 cm³/mol. The highest BCUT2D eigenvalue weighted by Gasteiger charge is 2.28. The standard InChI is InChI=1S/C29H31F2N7O2S/c1-6-21-26(35(5)27-33-25(24(16-32)41-27)18-7-9-19(30)10-8-18)23-15-22(20(31)17-38(23)34-21)36-11-13-37(14-12-36)28(39)40-29(2,3)4/h7-10,15,17H,6,11-14H2,1-5H3/i5D3. The molecule has 0 aliphatic carbocycles. The molecule has 1 saturated heterocycles. The minimum atomic E-state index is -2.76. The maximum atomic E-state index is 15.5. The van der Waals surface area contributed by atoms with Crippen LogP contribution in [-0.4, -0.2) is 64.3 Å². The first kappa shape index (κ1) is 24.5. The Balaban J connectivity index is 1.56. The van der Waals surface area contributed by atoms with Crippen LogP contribution in [0.2, 0.25) is 0 Å². The summed E-state index contributed by atoms with van der Waals surface area (Å²) in [6.07, 6.45) is 1.10. The Morgan fingerprint density at radius 3 is 2.54 bits per heavy atom. The first-order chi connectivity index (χ1) is 20.7. The van der Waals surface area contributed by atoms with Gasteiger partial charge in [0, 0.05) is 42.8 Å². The molecular formula is C29H31F2N7O2S. The third-order valence-corrected chi connectivity index (χ3v) is 7.55. The number of halogens is 2. The summed E-state index contributed by atoms with van der Waals surface area (Å²) in [5.41, 5.74) is 1.22. The second-order valence-corrected chi connectivity index (χ2v) is 11.5. The van der Waals surface area contributed by atoms with Crippen LogP contribution in [0.1, 0.15) is 42.4 Å². The molecule has 9 nitrogen and oxygen atoms in total. The van der Waals surface area contributed by atoms with Gasteiger partial charge in [-0.25, -0.2) is 23.1 Å². The van der Waals surface area contributed by atoms with Crippen molar-refractivity contribution in [1.29, 1.82) is 5.26 Å². The normalized spacial score (nSPS) is 15.3. The number of ether oxygens (including phenoxy) is 1. The number of carbonyl (C=O) groups excluding carboxylic acids is 1. The molecule has 4 heterocycles. The molecule has 214 valence electrons. The Labute approximate surface area is 245 Å². The Hall–Kier alpha value is -4.24. The molecule has 1 aliphatic heterocycles. The van der Waals surface area contributed by atoms with E-state index in [1.807, 2.05) is 6.92 Å². The van der Waals surface area contributed by atoms with Gasteiger partial charge in [-0.1, -0.05) is 18.3 Å². The summed E-state index contributed by atoms with van der Waals surface area (Å²) in [6.45, 7) is 5.71. The second kappa shape index (κ2) is 11.0. The molecule has 3 aromatic heterocycles. The molecule has 0 bridgehead atoms. The molecule has 4 aromatic rings. The summed E-state index contributed by atoms with van der Waals surface area (Å²) in [5, 5.41) is 14.4. The predicted octanol–water partition coefficient (Wildman–Crippen LogP) is 6.00. The lowest BCUT2D eigenvalue weighted by Crippen LogP contribution is -2.50. The van der Waals surface area contributed by atoms with E-state index in [0.29, 0.717) is 49.4 Å². The van der Waals surface area contributed by atoms with Crippen molar-refractivity contribution in [1.82, 2.24) is 19.5 Å². The van der Waals surface area contributed by atoms with Crippen LogP contribution in [0.5, 0.6) is 0 Å². The topological polar surface area (TPSA) is 90.0 Å². The summed E-state index contributed by atoms with van der Waals surface area (Å²) < 4.78 is 61.2. The average molecular weight is 583 g/mol. The number of carbonyl (C=O) groups is 1. The number of hydrogen-bond donors (Lipinski definition) is 0. The number of hydrogen-bond acceptors (Lipinski definition) is 8. The number of benzene rings is 1. The van der Waals surface area contributed by atoms with Gasteiger partial charge in [-0.2, -0.15) is 10.4 Å². The van der Waals surface area contributed by atoms with Crippen LogP contribution in [0.3, 0.4) is 0 Å². The molecule has 1 aliphatic rings. The molecule has 1 aromatic carbocycles. The van der Waals surface area contributed by atoms with Gasteiger partial charge in [0.05, 0.1) is 28.8 Å². The number of rotatable bonds is 5. The van der Waals surface area contributed by atoms with Gasteiger partial charge in [-0.05, 0) is 57.5 Å². The van der Waals surface area contributed by atoms with E-state index in [9.17, 15) is 14.4 Å². The van der Waals surface area contributed by atoms with Crippen LogP contribution in [0.4, 0.5) is 30.1 Å². The van der Waals surface area contributed by atoms with E-state index in [2.05, 4.69) is 16.2 Å². The van der Waals surface area contributed by atoms with E-state index in [1.54, 1.807) is 36.6 Å². The summed E-state index contributed by atoms with van der Waals surface area (Å²) >= 11 is 0.891. The van der Waals surface area contributed by atoms with Crippen LogP contribution in [0.25, 0.3) is 16.8 Å². The molecule has 0 spiro atoms. The minimum Gasteiger partial charge on any atom is -0.444 e. The minimum absolute atomic E-state index is 0.0160. The number of aryl methyl sites for hydroxylation is 1. The second-order valence-electron chi connectivity index (χ2n) is 10.6. The number of fused-ring (bicyclic) bond motifs is 1. The molecule has 0 radical (unpaired) electrons. The van der Waals surface area contributed by atoms with Crippen molar-refractivity contribution < 1.29 is 22.4 Å². The quantitative estimate of drug-likeness (QED) is 0.285. The zero-order chi connectivity index (χ0) is 32.0. The van der Waals surface area contributed by atoms with Gasteiger partial charge in [0.1, 0.15) is 28.1 Å². The van der Waals surface area contributed by atoms with Gasteiger partial charge in [-0.3, -0.25) is 0 Å². The van der Waals surface area contributed by atoms with Gasteiger partial charge < -0.3 is 19.4 Å². The number of amides is 1. The van der Waals surface area contributed by atoms with Crippen LogP contribution in [0, 0.1) is 23.0 Å². The zero-order valence-electron chi connectivity index (χ0n) is 26.1. The van der Waals surface area contributed by atoms with Crippen LogP contribution < -0.4 is 9.80 Å². The fourth-order valence-electron chi connectivity index (χ4n) is 4.65. The highest BCUT2D eigenvalue weighted by atomic mass is 32.1. The molecule has 5 rings (SSSR count). The number of aromatic nitrogens is 3. The largest absolute Gasteiger partial charge is 0.444 e. The molecule has 0 atom stereocenters. The highest BCUT2D eigenvalue weighted by molar-refractivity contribution is 7.16. The average Bonchev–Trinajstić information content (AvgIpc) is 3.53. The maximum Gasteiger partial charge on any atom is 0.410 e. The van der Waals surface area contributed by atoms with E-state index in [1.165, 1.54) is 35.0 Å². The van der Waals surface area contributed by atoms with Crippen molar-refractivity contribution in [3.63, 3.8) is 0 Å². The molecular weight excluding hydrogens is 548 g/mol. The van der Waals surface area contributed by atoms with Crippen molar-refractivity contribution in [3.8, 4) is 17.3 Å². The van der Waals surface area contributed by atoms with E-state index in [-0.39, 0.29) is 27.1 Å². The third-order valence-electron chi connectivity index (χ3n) is 6.60. The Kier molecular flexibility index (Phi) is 6.57. The molecule has 0 unspecified atom stereocenters. The lowest BCUT2D eigenvalue weighted by Gasteiger charge is -2.36. The lowest BCUT2D eigenvalue weighted by molar-refractivity contribution is 0.0240. The molecule has 0 N–H and O–H groups in total. The van der Waals surface area contributed by atoms with Crippen molar-refractivity contribution >= 4 is 39.5 Å². The number of piperazine rings is 1. The van der Waals surface area contributed by atoms with E-state index in [0.717, 1.165) is 16.2 Å². The first-order valence-corrected chi connectivity index (χ1v) is 13.9. The third kappa shape index (κ3) is 5.67. The van der Waals surface area contributed by atoms with Crippen LogP contribution in [0.15, 0.2) is 36.5 Å². The summed E-state index contributed by atoms with van der Waals surface area (Å²) in [5.74, 6) is -1.01. The first-order valence-electron chi connectivity index (χ1n) is 14.6. The fraction of sp³-hybridized carbons (Fsp3) is 0.379. The lowest BCUT2D eigenvalue weighted by atomic mass is 10.1. The zero-order valence-corrected chi connectivity index (χ0v) is 23.9. The molecule has 1 fully saturated rings. The number of nitrogens with zero attached hydrogens (tertiary/aromatic N) is 7. The van der Waals surface area contributed by atoms with Crippen molar-refractivity contribution in [2.45, 2.75) is 39.7 Å². The van der Waals surface area contributed by atoms with Crippen LogP contribution in [-0.2, 0) is 11.2 Å². The van der Waals surface area contributed by atoms with Gasteiger partial charge in [-0.15, -0.1) is 0 Å². The van der Waals surface area contributed by atoms with E-state index < -0.39 is 30.3 Å². The van der Waals surface area contributed by atoms with Gasteiger partial charge in [0.25, 0.3) is 0 Å². The number of thiazole rings is 1. The summed E-state index contributed by atoms with van der Waals surface area (Å²) in [4.78, 5) is 21.6. The van der Waals surface area contributed by atoms with Crippen molar-refractivity contribution in [2.75, 3.05) is 43.0 Å². The number of nitriles is 1. The van der Waals surface area contributed by atoms with E-state index >= 15 is 4.39 Å². The van der Waals surface area contributed by atoms with Crippen molar-refractivity contribution in [3.05, 3.63) is 58.7 Å². The molecule has 1 amide bonds. The molecule has 0 saturated carbocycles. The summed E-state index contributed by atoms with van der Waals surface area (Å²) in [7, 11) is 0. The van der Waals surface area contributed by atoms with Crippen molar-refractivity contribution in [2.24, 2.45) is 0 Å². The maximum absolute atomic E-state index is 15.5. The monoisotopic (exact) mass is 582 g/mol. The van der Waals surface area contributed by atoms with Gasteiger partial charge >= 0.3 is 6.09 Å². The molecule has 41 heavy (non-hydrogen) atoms. The van der Waals surface area contributed by atoms with Gasteiger partial charge in [0.2, 0.25) is 0 Å². The number of pyridine rings is 1. The van der Waals surface area contributed by atoms with Crippen LogP contribution >= 0.6 is 11.3 Å². The Bertz CT molecular complexity index is 1740. The number of anilines is 3. The van der Waals surface area contributed by atoms with E-state index in [4.69, 9.17) is 8.85 Å². The molecule has 12 heteroatoms. The highest BCUT2D eigenvalue weighted by Crippen LogP contribution is 2.39.